The molecule has 5 atom stereocenters. The van der Waals surface area contributed by atoms with Crippen LogP contribution < -0.4 is 5.32 Å². The van der Waals surface area contributed by atoms with Gasteiger partial charge in [-0.1, -0.05) is 15.9 Å². The summed E-state index contributed by atoms with van der Waals surface area (Å²) in [5.74, 6) is 0.325. The molecule has 0 saturated carbocycles. The number of hydrogen-bond acceptors (Lipinski definition) is 3. The van der Waals surface area contributed by atoms with Crippen LogP contribution in [0.1, 0.15) is 46.5 Å². The summed E-state index contributed by atoms with van der Waals surface area (Å²) >= 11 is 3.39. The number of halogens is 2. The number of carbonyl (C=O) groups excluding carboxylic acids is 1. The second-order valence-corrected chi connectivity index (χ2v) is 8.71. The molecule has 4 nitrogen and oxygen atoms in total. The Balaban J connectivity index is 1.72. The molecule has 0 aromatic heterocycles. The van der Waals surface area contributed by atoms with E-state index in [1.165, 1.54) is 5.57 Å². The highest BCUT2D eigenvalue weighted by Crippen LogP contribution is 2.47. The highest BCUT2D eigenvalue weighted by molar-refractivity contribution is 9.09. The summed E-state index contributed by atoms with van der Waals surface area (Å²) in [7, 11) is 0. The molecule has 124 valence electrons. The lowest BCUT2D eigenvalue weighted by atomic mass is 9.81. The summed E-state index contributed by atoms with van der Waals surface area (Å²) in [5, 5.41) is 2.79. The van der Waals surface area contributed by atoms with Gasteiger partial charge in [-0.15, -0.1) is 0 Å². The fourth-order valence-electron chi connectivity index (χ4n) is 3.92. The van der Waals surface area contributed by atoms with Crippen molar-refractivity contribution in [3.05, 3.63) is 11.8 Å². The molecule has 3 aliphatic rings. The Labute approximate surface area is 139 Å². The molecule has 3 aliphatic heterocycles. The van der Waals surface area contributed by atoms with Gasteiger partial charge in [-0.3, -0.25) is 0 Å². The van der Waals surface area contributed by atoms with Crippen LogP contribution in [0, 0.1) is 5.92 Å². The van der Waals surface area contributed by atoms with Gasteiger partial charge >= 0.3 is 6.09 Å². The highest BCUT2D eigenvalue weighted by Gasteiger charge is 2.51. The maximum atomic E-state index is 13.5. The van der Waals surface area contributed by atoms with Crippen LogP contribution in [-0.4, -0.2) is 39.8 Å². The van der Waals surface area contributed by atoms with E-state index in [4.69, 9.17) is 4.74 Å². The van der Waals surface area contributed by atoms with Gasteiger partial charge in [0.2, 0.25) is 0 Å². The number of amides is 1. The molecule has 6 heteroatoms. The number of ether oxygens (including phenoxy) is 1. The molecule has 0 spiro atoms. The Morgan fingerprint density at radius 3 is 2.82 bits per heavy atom. The minimum absolute atomic E-state index is 0.193. The summed E-state index contributed by atoms with van der Waals surface area (Å²) in [5.41, 5.74) is 0.749. The highest BCUT2D eigenvalue weighted by atomic mass is 79.9. The van der Waals surface area contributed by atoms with E-state index in [1.807, 2.05) is 31.9 Å². The van der Waals surface area contributed by atoms with Crippen LogP contribution in [0.2, 0.25) is 0 Å². The van der Waals surface area contributed by atoms with Gasteiger partial charge in [0.25, 0.3) is 0 Å². The van der Waals surface area contributed by atoms with E-state index in [1.54, 1.807) is 0 Å². The van der Waals surface area contributed by atoms with E-state index >= 15 is 0 Å². The molecule has 3 rings (SSSR count). The number of nitrogens with zero attached hydrogens (tertiary/aromatic N) is 1. The van der Waals surface area contributed by atoms with E-state index in [0.29, 0.717) is 12.3 Å². The van der Waals surface area contributed by atoms with Gasteiger partial charge in [0.15, 0.2) is 6.30 Å². The first-order valence-corrected chi connectivity index (χ1v) is 8.92. The van der Waals surface area contributed by atoms with Crippen molar-refractivity contribution in [3.63, 3.8) is 0 Å². The molecule has 0 aromatic carbocycles. The van der Waals surface area contributed by atoms with Crippen molar-refractivity contribution in [3.8, 4) is 0 Å². The lowest BCUT2D eigenvalue weighted by molar-refractivity contribution is 0.0208. The van der Waals surface area contributed by atoms with Gasteiger partial charge in [-0.2, -0.15) is 0 Å². The first kappa shape index (κ1) is 16.1. The summed E-state index contributed by atoms with van der Waals surface area (Å²) in [6.45, 7) is 5.68. The SMILES string of the molecule is CC(C)(C)OC(=O)N1C2CCC1C(C1=CNC(F)[C@H](Br)C1)C2. The minimum Gasteiger partial charge on any atom is -0.444 e. The fraction of sp³-hybridized carbons (Fsp3) is 0.812. The molecule has 0 aromatic rings. The zero-order valence-electron chi connectivity index (χ0n) is 13.3. The summed E-state index contributed by atoms with van der Waals surface area (Å²) in [6.07, 6.45) is 4.30. The van der Waals surface area contributed by atoms with Gasteiger partial charge in [0.1, 0.15) is 5.60 Å². The normalized spacial score (nSPS) is 37.8. The minimum atomic E-state index is -1.04. The van der Waals surface area contributed by atoms with Crippen molar-refractivity contribution in [1.82, 2.24) is 10.2 Å². The van der Waals surface area contributed by atoms with Crippen molar-refractivity contribution in [2.45, 2.75) is 75.3 Å². The Hall–Kier alpha value is -0.780. The first-order valence-electron chi connectivity index (χ1n) is 8.00. The van der Waals surface area contributed by atoms with Crippen molar-refractivity contribution < 1.29 is 13.9 Å². The van der Waals surface area contributed by atoms with Crippen molar-refractivity contribution in [2.75, 3.05) is 0 Å². The second-order valence-electron chi connectivity index (χ2n) is 7.54. The molecular formula is C16H24BrFN2O2. The maximum Gasteiger partial charge on any atom is 0.410 e. The van der Waals surface area contributed by atoms with Crippen LogP contribution in [-0.2, 0) is 4.74 Å². The van der Waals surface area contributed by atoms with E-state index < -0.39 is 11.9 Å². The molecule has 0 aliphatic carbocycles. The molecular weight excluding hydrogens is 351 g/mol. The summed E-state index contributed by atoms with van der Waals surface area (Å²) < 4.78 is 19.1. The van der Waals surface area contributed by atoms with Crippen LogP contribution in [0.4, 0.5) is 9.18 Å². The van der Waals surface area contributed by atoms with Crippen LogP contribution in [0.25, 0.3) is 0 Å². The number of rotatable bonds is 1. The van der Waals surface area contributed by atoms with E-state index in [0.717, 1.165) is 19.3 Å². The standard InChI is InChI=1S/C16H24BrFN2O2/c1-16(2,3)22-15(21)20-10-4-5-13(20)11(7-10)9-6-12(17)14(18)19-8-9/h8,10-14,19H,4-7H2,1-3H3/t10?,11?,12-,13?,14?/m1/s1. The van der Waals surface area contributed by atoms with Crippen molar-refractivity contribution in [1.29, 1.82) is 0 Å². The zero-order chi connectivity index (χ0) is 16.1. The molecule has 1 N–H and O–H groups in total. The van der Waals surface area contributed by atoms with Crippen molar-refractivity contribution in [2.24, 2.45) is 5.92 Å². The summed E-state index contributed by atoms with van der Waals surface area (Å²) in [6, 6.07) is 0.464. The smallest absolute Gasteiger partial charge is 0.410 e. The van der Waals surface area contributed by atoms with Gasteiger partial charge in [0.05, 0.1) is 4.83 Å². The van der Waals surface area contributed by atoms with Gasteiger partial charge in [0, 0.05) is 18.0 Å². The Morgan fingerprint density at radius 1 is 1.45 bits per heavy atom. The van der Waals surface area contributed by atoms with E-state index in [-0.39, 0.29) is 23.0 Å². The predicted molar refractivity (Wildman–Crippen MR) is 86.4 cm³/mol. The summed E-state index contributed by atoms with van der Waals surface area (Å²) in [4.78, 5) is 14.2. The monoisotopic (exact) mass is 374 g/mol. The Morgan fingerprint density at radius 2 is 2.18 bits per heavy atom. The van der Waals surface area contributed by atoms with Crippen LogP contribution in [0.3, 0.4) is 0 Å². The average molecular weight is 375 g/mol. The predicted octanol–water partition coefficient (Wildman–Crippen LogP) is 3.71. The third-order valence-corrected chi connectivity index (χ3v) is 5.58. The zero-order valence-corrected chi connectivity index (χ0v) is 14.9. The van der Waals surface area contributed by atoms with Crippen LogP contribution >= 0.6 is 15.9 Å². The number of fused-ring (bicyclic) bond motifs is 2. The Kier molecular flexibility index (Phi) is 4.16. The van der Waals surface area contributed by atoms with Crippen LogP contribution in [0.15, 0.2) is 11.8 Å². The van der Waals surface area contributed by atoms with Crippen molar-refractivity contribution >= 4 is 22.0 Å². The second kappa shape index (κ2) is 5.69. The number of carbonyl (C=O) groups is 1. The van der Waals surface area contributed by atoms with Gasteiger partial charge in [-0.05, 0) is 58.2 Å². The van der Waals surface area contributed by atoms with Gasteiger partial charge < -0.3 is 15.0 Å². The van der Waals surface area contributed by atoms with E-state index in [9.17, 15) is 9.18 Å². The number of alkyl halides is 2. The average Bonchev–Trinajstić information content (AvgIpc) is 2.97. The molecule has 22 heavy (non-hydrogen) atoms. The first-order chi connectivity index (χ1) is 10.3. The van der Waals surface area contributed by atoms with E-state index in [2.05, 4.69) is 21.2 Å². The third-order valence-electron chi connectivity index (χ3n) is 4.79. The maximum absolute atomic E-state index is 13.5. The molecule has 2 fully saturated rings. The molecule has 0 radical (unpaired) electrons. The molecule has 2 bridgehead atoms. The topological polar surface area (TPSA) is 41.6 Å². The molecule has 2 saturated heterocycles. The molecule has 4 unspecified atom stereocenters. The number of hydrogen-bond donors (Lipinski definition) is 1. The Bertz CT molecular complexity index is 491. The largest absolute Gasteiger partial charge is 0.444 e. The quantitative estimate of drug-likeness (QED) is 0.561. The van der Waals surface area contributed by atoms with Crippen LogP contribution in [0.5, 0.6) is 0 Å². The molecule has 3 heterocycles. The molecule has 1 amide bonds. The lowest BCUT2D eigenvalue weighted by Gasteiger charge is -2.31. The fourth-order valence-corrected chi connectivity index (χ4v) is 4.45. The third kappa shape index (κ3) is 2.99. The number of nitrogens with one attached hydrogen (secondary N) is 1. The van der Waals surface area contributed by atoms with Gasteiger partial charge in [-0.25, -0.2) is 9.18 Å². The lowest BCUT2D eigenvalue weighted by Crippen LogP contribution is -2.41.